The molecule has 18 heavy (non-hydrogen) atoms. The number of methoxy groups -OCH3 is 1. The van der Waals surface area contributed by atoms with Gasteiger partial charge in [0.25, 0.3) is 0 Å². The minimum Gasteiger partial charge on any atom is -0.494 e. The normalized spacial score (nSPS) is 19.1. The summed E-state index contributed by atoms with van der Waals surface area (Å²) in [5.41, 5.74) is 0.952. The van der Waals surface area contributed by atoms with Crippen molar-refractivity contribution in [2.24, 2.45) is 0 Å². The summed E-state index contributed by atoms with van der Waals surface area (Å²) in [5.74, 6) is 0.00293. The second-order valence-corrected chi connectivity index (χ2v) is 4.73. The lowest BCUT2D eigenvalue weighted by Gasteiger charge is -2.11. The molecule has 1 aromatic carbocycles. The Morgan fingerprint density at radius 1 is 1.50 bits per heavy atom. The van der Waals surface area contributed by atoms with Crippen LogP contribution in [0.4, 0.5) is 4.39 Å². The molecule has 0 bridgehead atoms. The molecule has 2 N–H and O–H groups in total. The predicted octanol–water partition coefficient (Wildman–Crippen LogP) is 2.07. The molecule has 0 radical (unpaired) electrons. The zero-order chi connectivity index (χ0) is 12.8. The van der Waals surface area contributed by atoms with E-state index >= 15 is 0 Å². The molecule has 1 aliphatic heterocycles. The van der Waals surface area contributed by atoms with E-state index in [9.17, 15) is 4.39 Å². The molecule has 0 amide bonds. The Balaban J connectivity index is 1.71. The molecule has 1 heterocycles. The molecule has 1 saturated heterocycles. The van der Waals surface area contributed by atoms with E-state index in [1.165, 1.54) is 26.0 Å². The SMILES string of the molecule is COc1ccc(CNCCC2CCCN2)cc1F. The van der Waals surface area contributed by atoms with E-state index < -0.39 is 0 Å². The van der Waals surface area contributed by atoms with E-state index in [0.29, 0.717) is 18.3 Å². The minimum absolute atomic E-state index is 0.297. The summed E-state index contributed by atoms with van der Waals surface area (Å²) in [4.78, 5) is 0. The molecule has 4 heteroatoms. The quantitative estimate of drug-likeness (QED) is 0.760. The van der Waals surface area contributed by atoms with Crippen LogP contribution in [0.5, 0.6) is 5.75 Å². The van der Waals surface area contributed by atoms with Gasteiger partial charge in [-0.2, -0.15) is 0 Å². The fourth-order valence-electron chi connectivity index (χ4n) is 2.33. The van der Waals surface area contributed by atoms with Gasteiger partial charge < -0.3 is 15.4 Å². The predicted molar refractivity (Wildman–Crippen MR) is 70.3 cm³/mol. The summed E-state index contributed by atoms with van der Waals surface area (Å²) >= 11 is 0. The molecule has 0 aromatic heterocycles. The number of nitrogens with one attached hydrogen (secondary N) is 2. The summed E-state index contributed by atoms with van der Waals surface area (Å²) in [6, 6.07) is 5.75. The first kappa shape index (κ1) is 13.3. The zero-order valence-corrected chi connectivity index (χ0v) is 10.8. The Labute approximate surface area is 108 Å². The van der Waals surface area contributed by atoms with Crippen LogP contribution in [0.1, 0.15) is 24.8 Å². The first-order chi connectivity index (χ1) is 8.79. The highest BCUT2D eigenvalue weighted by Crippen LogP contribution is 2.17. The highest BCUT2D eigenvalue weighted by Gasteiger charge is 2.12. The van der Waals surface area contributed by atoms with Crippen molar-refractivity contribution in [3.63, 3.8) is 0 Å². The van der Waals surface area contributed by atoms with Crippen LogP contribution in [-0.4, -0.2) is 26.2 Å². The van der Waals surface area contributed by atoms with Crippen molar-refractivity contribution in [1.29, 1.82) is 0 Å². The van der Waals surface area contributed by atoms with Crippen molar-refractivity contribution in [2.75, 3.05) is 20.2 Å². The van der Waals surface area contributed by atoms with Gasteiger partial charge in [-0.15, -0.1) is 0 Å². The maximum absolute atomic E-state index is 13.4. The topological polar surface area (TPSA) is 33.3 Å². The molecule has 100 valence electrons. The lowest BCUT2D eigenvalue weighted by Crippen LogP contribution is -2.26. The minimum atomic E-state index is -0.297. The Kier molecular flexibility index (Phi) is 4.96. The molecule has 1 atom stereocenters. The van der Waals surface area contributed by atoms with Crippen molar-refractivity contribution >= 4 is 0 Å². The summed E-state index contributed by atoms with van der Waals surface area (Å²) in [5, 5.41) is 6.81. The average molecular weight is 252 g/mol. The third kappa shape index (κ3) is 3.68. The first-order valence-electron chi connectivity index (χ1n) is 6.56. The molecule has 1 aliphatic rings. The number of hydrogen-bond donors (Lipinski definition) is 2. The van der Waals surface area contributed by atoms with Crippen LogP contribution < -0.4 is 15.4 Å². The van der Waals surface area contributed by atoms with Crippen LogP contribution in [0.15, 0.2) is 18.2 Å². The largest absolute Gasteiger partial charge is 0.494 e. The van der Waals surface area contributed by atoms with Crippen molar-refractivity contribution < 1.29 is 9.13 Å². The Bertz CT molecular complexity index is 378. The van der Waals surface area contributed by atoms with Crippen LogP contribution in [0.3, 0.4) is 0 Å². The van der Waals surface area contributed by atoms with Gasteiger partial charge in [0.05, 0.1) is 7.11 Å². The maximum Gasteiger partial charge on any atom is 0.165 e. The molecule has 3 nitrogen and oxygen atoms in total. The van der Waals surface area contributed by atoms with Crippen molar-refractivity contribution in [3.8, 4) is 5.75 Å². The molecule has 1 fully saturated rings. The molecule has 0 aliphatic carbocycles. The number of hydrogen-bond acceptors (Lipinski definition) is 3. The van der Waals surface area contributed by atoms with Crippen molar-refractivity contribution in [2.45, 2.75) is 31.8 Å². The van der Waals surface area contributed by atoms with Crippen LogP contribution in [0.25, 0.3) is 0 Å². The second kappa shape index (κ2) is 6.71. The second-order valence-electron chi connectivity index (χ2n) is 4.73. The van der Waals surface area contributed by atoms with Gasteiger partial charge in [0.2, 0.25) is 0 Å². The molecule has 1 aromatic rings. The summed E-state index contributed by atoms with van der Waals surface area (Å²) < 4.78 is 18.3. The monoisotopic (exact) mass is 252 g/mol. The van der Waals surface area contributed by atoms with Gasteiger partial charge in [-0.1, -0.05) is 6.07 Å². The van der Waals surface area contributed by atoms with Gasteiger partial charge in [0.1, 0.15) is 0 Å². The van der Waals surface area contributed by atoms with E-state index in [4.69, 9.17) is 4.74 Å². The van der Waals surface area contributed by atoms with Gasteiger partial charge in [-0.3, -0.25) is 0 Å². The number of halogens is 1. The van der Waals surface area contributed by atoms with Gasteiger partial charge in [-0.05, 0) is 50.0 Å². The molecular weight excluding hydrogens is 231 g/mol. The van der Waals surface area contributed by atoms with E-state index in [1.807, 2.05) is 6.07 Å². The van der Waals surface area contributed by atoms with E-state index in [0.717, 1.165) is 25.1 Å². The maximum atomic E-state index is 13.4. The Morgan fingerprint density at radius 2 is 2.39 bits per heavy atom. The number of ether oxygens (including phenoxy) is 1. The summed E-state index contributed by atoms with van der Waals surface area (Å²) in [7, 11) is 1.48. The third-order valence-corrected chi connectivity index (χ3v) is 3.38. The molecule has 1 unspecified atom stereocenters. The van der Waals surface area contributed by atoms with Crippen molar-refractivity contribution in [3.05, 3.63) is 29.6 Å². The molecule has 0 saturated carbocycles. The van der Waals surface area contributed by atoms with E-state index in [1.54, 1.807) is 6.07 Å². The lowest BCUT2D eigenvalue weighted by atomic mass is 10.1. The van der Waals surface area contributed by atoms with Crippen LogP contribution in [0, 0.1) is 5.82 Å². The number of rotatable bonds is 6. The van der Waals surface area contributed by atoms with E-state index in [2.05, 4.69) is 10.6 Å². The Morgan fingerprint density at radius 3 is 3.06 bits per heavy atom. The Hall–Kier alpha value is -1.13. The van der Waals surface area contributed by atoms with Gasteiger partial charge in [-0.25, -0.2) is 4.39 Å². The van der Waals surface area contributed by atoms with Crippen LogP contribution in [-0.2, 0) is 6.54 Å². The van der Waals surface area contributed by atoms with Crippen LogP contribution >= 0.6 is 0 Å². The van der Waals surface area contributed by atoms with Gasteiger partial charge in [0, 0.05) is 12.6 Å². The summed E-state index contributed by atoms with van der Waals surface area (Å²) in [6.45, 7) is 2.81. The van der Waals surface area contributed by atoms with Gasteiger partial charge in [0.15, 0.2) is 11.6 Å². The molecule has 2 rings (SSSR count). The van der Waals surface area contributed by atoms with E-state index in [-0.39, 0.29) is 5.82 Å². The highest BCUT2D eigenvalue weighted by atomic mass is 19.1. The smallest absolute Gasteiger partial charge is 0.165 e. The highest BCUT2D eigenvalue weighted by molar-refractivity contribution is 5.29. The third-order valence-electron chi connectivity index (χ3n) is 3.38. The first-order valence-corrected chi connectivity index (χ1v) is 6.56. The standard InChI is InChI=1S/C14H21FN2O/c1-18-14-5-4-11(9-13(14)15)10-16-8-6-12-3-2-7-17-12/h4-5,9,12,16-17H,2-3,6-8,10H2,1H3. The summed E-state index contributed by atoms with van der Waals surface area (Å²) in [6.07, 6.45) is 3.70. The number of benzene rings is 1. The van der Waals surface area contributed by atoms with Crippen molar-refractivity contribution in [1.82, 2.24) is 10.6 Å². The fourth-order valence-corrected chi connectivity index (χ4v) is 2.33. The van der Waals surface area contributed by atoms with Gasteiger partial charge >= 0.3 is 0 Å². The zero-order valence-electron chi connectivity index (χ0n) is 10.8. The molecular formula is C14H21FN2O. The fraction of sp³-hybridized carbons (Fsp3) is 0.571. The lowest BCUT2D eigenvalue weighted by molar-refractivity contribution is 0.386. The van der Waals surface area contributed by atoms with Crippen LogP contribution in [0.2, 0.25) is 0 Å². The average Bonchev–Trinajstić information content (AvgIpc) is 2.88. The molecule has 0 spiro atoms.